The van der Waals surface area contributed by atoms with Crippen molar-refractivity contribution in [3.8, 4) is 11.1 Å². The van der Waals surface area contributed by atoms with E-state index in [1.165, 1.54) is 23.1 Å². The zero-order chi connectivity index (χ0) is 20.4. The molecule has 0 radical (unpaired) electrons. The summed E-state index contributed by atoms with van der Waals surface area (Å²) in [5.41, 5.74) is 2.68. The fourth-order valence-corrected chi connectivity index (χ4v) is 5.78. The van der Waals surface area contributed by atoms with Gasteiger partial charge >= 0.3 is 0 Å². The van der Waals surface area contributed by atoms with Crippen molar-refractivity contribution >= 4 is 56.5 Å². The molecule has 0 saturated heterocycles. The largest absolute Gasteiger partial charge is 0.283 e. The summed E-state index contributed by atoms with van der Waals surface area (Å²) >= 11 is 15.5. The Balaban J connectivity index is 1.80. The first-order chi connectivity index (χ1) is 14.1. The lowest BCUT2D eigenvalue weighted by Crippen LogP contribution is -2.22. The number of hydrogen-bond donors (Lipinski definition) is 0. The summed E-state index contributed by atoms with van der Waals surface area (Å²) in [5.74, 6) is 0.518. The average molecular weight is 459 g/mol. The van der Waals surface area contributed by atoms with E-state index in [2.05, 4.69) is 6.58 Å². The van der Waals surface area contributed by atoms with E-state index in [0.29, 0.717) is 32.9 Å². The highest BCUT2D eigenvalue weighted by molar-refractivity contribution is 7.98. The maximum atomic E-state index is 13.4. The van der Waals surface area contributed by atoms with Gasteiger partial charge in [0.15, 0.2) is 5.16 Å². The Hall–Kier alpha value is -2.05. The summed E-state index contributed by atoms with van der Waals surface area (Å²) in [5, 5.41) is 4.46. The molecule has 2 aromatic carbocycles. The van der Waals surface area contributed by atoms with Crippen LogP contribution < -0.4 is 5.56 Å². The van der Waals surface area contributed by atoms with Gasteiger partial charge in [0.05, 0.1) is 5.39 Å². The Kier molecular flexibility index (Phi) is 6.11. The third-order valence-electron chi connectivity index (χ3n) is 4.46. The van der Waals surface area contributed by atoms with E-state index in [9.17, 15) is 4.79 Å². The molecular weight excluding hydrogens is 443 g/mol. The van der Waals surface area contributed by atoms with E-state index in [-0.39, 0.29) is 5.56 Å². The first-order valence-electron chi connectivity index (χ1n) is 8.84. The molecule has 0 saturated carbocycles. The minimum Gasteiger partial charge on any atom is -0.283 e. The van der Waals surface area contributed by atoms with Gasteiger partial charge in [-0.2, -0.15) is 0 Å². The lowest BCUT2D eigenvalue weighted by Gasteiger charge is -2.12. The van der Waals surface area contributed by atoms with Crippen LogP contribution in [0.3, 0.4) is 0 Å². The fraction of sp³-hybridized carbons (Fsp3) is 0.0909. The molecule has 4 rings (SSSR count). The number of thioether (sulfide) groups is 1. The molecule has 0 bridgehead atoms. The first-order valence-corrected chi connectivity index (χ1v) is 11.5. The van der Waals surface area contributed by atoms with Gasteiger partial charge in [0.2, 0.25) is 0 Å². The molecule has 0 spiro atoms. The maximum absolute atomic E-state index is 13.4. The van der Waals surface area contributed by atoms with E-state index < -0.39 is 0 Å². The van der Waals surface area contributed by atoms with Crippen molar-refractivity contribution in [1.29, 1.82) is 0 Å². The van der Waals surface area contributed by atoms with E-state index >= 15 is 0 Å². The second-order valence-corrected chi connectivity index (χ2v) is 8.90. The van der Waals surface area contributed by atoms with Gasteiger partial charge in [-0.05, 0) is 23.3 Å². The third-order valence-corrected chi connectivity index (χ3v) is 7.05. The molecule has 4 aromatic rings. The van der Waals surface area contributed by atoms with Crippen molar-refractivity contribution in [2.24, 2.45) is 0 Å². The first kappa shape index (κ1) is 20.2. The van der Waals surface area contributed by atoms with Crippen molar-refractivity contribution in [2.75, 3.05) is 0 Å². The number of benzene rings is 2. The minimum absolute atomic E-state index is 0.0669. The van der Waals surface area contributed by atoms with Gasteiger partial charge in [-0.25, -0.2) is 4.98 Å². The second-order valence-electron chi connectivity index (χ2n) is 6.28. The fourth-order valence-electron chi connectivity index (χ4n) is 3.04. The smallest absolute Gasteiger partial charge is 0.263 e. The van der Waals surface area contributed by atoms with Crippen LogP contribution in [0.1, 0.15) is 5.56 Å². The molecule has 0 aliphatic heterocycles. The predicted molar refractivity (Wildman–Crippen MR) is 126 cm³/mol. The van der Waals surface area contributed by atoms with Gasteiger partial charge in [0, 0.05) is 33.3 Å². The standard InChI is InChI=1S/C22H16Cl2N2OS2/c1-2-11-26-21(27)19-15(14-7-4-3-5-8-14)12-28-20(19)25-22(26)29-13-16-17(23)9-6-10-18(16)24/h2-10,12H,1,11,13H2. The quantitative estimate of drug-likeness (QED) is 0.179. The van der Waals surface area contributed by atoms with Crippen LogP contribution in [0, 0.1) is 0 Å². The molecule has 0 amide bonds. The van der Waals surface area contributed by atoms with Gasteiger partial charge in [0.1, 0.15) is 4.83 Å². The second kappa shape index (κ2) is 8.76. The van der Waals surface area contributed by atoms with E-state index in [4.69, 9.17) is 28.2 Å². The van der Waals surface area contributed by atoms with Crippen molar-refractivity contribution < 1.29 is 0 Å². The van der Waals surface area contributed by atoms with E-state index in [0.717, 1.165) is 21.5 Å². The highest BCUT2D eigenvalue weighted by Crippen LogP contribution is 2.34. The summed E-state index contributed by atoms with van der Waals surface area (Å²) < 4.78 is 1.66. The number of aromatic nitrogens is 2. The number of halogens is 2. The van der Waals surface area contributed by atoms with Crippen LogP contribution in [-0.2, 0) is 12.3 Å². The normalized spacial score (nSPS) is 11.1. The highest BCUT2D eigenvalue weighted by Gasteiger charge is 2.17. The number of fused-ring (bicyclic) bond motifs is 1. The molecule has 7 heteroatoms. The number of hydrogen-bond acceptors (Lipinski definition) is 4. The third kappa shape index (κ3) is 4.01. The van der Waals surface area contributed by atoms with Crippen LogP contribution in [0.25, 0.3) is 21.3 Å². The van der Waals surface area contributed by atoms with Crippen LogP contribution in [0.4, 0.5) is 0 Å². The number of allylic oxidation sites excluding steroid dienone is 1. The van der Waals surface area contributed by atoms with Gasteiger partial charge in [-0.3, -0.25) is 9.36 Å². The Bertz CT molecular complexity index is 1230. The molecule has 0 unspecified atom stereocenters. The molecule has 2 aromatic heterocycles. The molecule has 2 heterocycles. The monoisotopic (exact) mass is 458 g/mol. The average Bonchev–Trinajstić information content (AvgIpc) is 3.15. The van der Waals surface area contributed by atoms with E-state index in [1.807, 2.05) is 53.9 Å². The Morgan fingerprint density at radius 1 is 1.10 bits per heavy atom. The highest BCUT2D eigenvalue weighted by atomic mass is 35.5. The molecule has 0 N–H and O–H groups in total. The van der Waals surface area contributed by atoms with Crippen molar-refractivity contribution in [2.45, 2.75) is 17.5 Å². The zero-order valence-electron chi connectivity index (χ0n) is 15.3. The van der Waals surface area contributed by atoms with E-state index in [1.54, 1.807) is 10.6 Å². The summed E-state index contributed by atoms with van der Waals surface area (Å²) in [7, 11) is 0. The van der Waals surface area contributed by atoms with Crippen LogP contribution in [-0.4, -0.2) is 9.55 Å². The lowest BCUT2D eigenvalue weighted by molar-refractivity contribution is 0.673. The van der Waals surface area contributed by atoms with Gasteiger partial charge in [0.25, 0.3) is 5.56 Å². The van der Waals surface area contributed by atoms with Crippen LogP contribution >= 0.6 is 46.3 Å². The lowest BCUT2D eigenvalue weighted by atomic mass is 10.1. The molecule has 0 atom stereocenters. The SMILES string of the molecule is C=CCn1c(SCc2c(Cl)cccc2Cl)nc2scc(-c3ccccc3)c2c1=O. The van der Waals surface area contributed by atoms with Crippen molar-refractivity contribution in [1.82, 2.24) is 9.55 Å². The Labute approximate surface area is 186 Å². The molecule has 0 fully saturated rings. The predicted octanol–water partition coefficient (Wildman–Crippen LogP) is 6.91. The molecule has 0 aliphatic carbocycles. The van der Waals surface area contributed by atoms with Crippen LogP contribution in [0.15, 0.2) is 76.5 Å². The summed E-state index contributed by atoms with van der Waals surface area (Å²) in [6.45, 7) is 4.18. The summed E-state index contributed by atoms with van der Waals surface area (Å²) in [6, 6.07) is 15.3. The van der Waals surface area contributed by atoms with Gasteiger partial charge in [-0.1, -0.05) is 77.4 Å². The topological polar surface area (TPSA) is 34.9 Å². The van der Waals surface area contributed by atoms with Crippen molar-refractivity contribution in [3.63, 3.8) is 0 Å². The maximum Gasteiger partial charge on any atom is 0.263 e. The van der Waals surface area contributed by atoms with Crippen molar-refractivity contribution in [3.05, 3.63) is 92.5 Å². The summed E-state index contributed by atoms with van der Waals surface area (Å²) in [6.07, 6.45) is 1.70. The molecule has 3 nitrogen and oxygen atoms in total. The molecular formula is C22H16Cl2N2OS2. The van der Waals surface area contributed by atoms with Gasteiger partial charge in [-0.15, -0.1) is 17.9 Å². The number of rotatable bonds is 6. The minimum atomic E-state index is -0.0669. The van der Waals surface area contributed by atoms with Crippen LogP contribution in [0.5, 0.6) is 0 Å². The molecule has 146 valence electrons. The number of nitrogens with zero attached hydrogens (tertiary/aromatic N) is 2. The van der Waals surface area contributed by atoms with Gasteiger partial charge < -0.3 is 0 Å². The summed E-state index contributed by atoms with van der Waals surface area (Å²) in [4.78, 5) is 18.9. The Morgan fingerprint density at radius 3 is 2.52 bits per heavy atom. The number of thiophene rings is 1. The molecule has 29 heavy (non-hydrogen) atoms. The zero-order valence-corrected chi connectivity index (χ0v) is 18.4. The Morgan fingerprint density at radius 2 is 1.83 bits per heavy atom. The molecule has 0 aliphatic rings. The van der Waals surface area contributed by atoms with Crippen LogP contribution in [0.2, 0.25) is 10.0 Å².